The Hall–Kier alpha value is -0.280. The Labute approximate surface area is 120 Å². The third-order valence-electron chi connectivity index (χ3n) is 3.36. The first kappa shape index (κ1) is 15.8. The SMILES string of the molecule is CCOC(c1ccc(Cl)cc1)C1CCNCC1.Cl. The van der Waals surface area contributed by atoms with Gasteiger partial charge in [0.05, 0.1) is 6.10 Å². The van der Waals surface area contributed by atoms with Crippen LogP contribution in [-0.4, -0.2) is 19.7 Å². The molecule has 1 saturated heterocycles. The lowest BCUT2D eigenvalue weighted by molar-refractivity contribution is 0.00799. The van der Waals surface area contributed by atoms with Crippen LogP contribution in [0.25, 0.3) is 0 Å². The van der Waals surface area contributed by atoms with Gasteiger partial charge in [0.25, 0.3) is 0 Å². The number of hydrogen-bond donors (Lipinski definition) is 1. The largest absolute Gasteiger partial charge is 0.374 e. The highest BCUT2D eigenvalue weighted by atomic mass is 35.5. The van der Waals surface area contributed by atoms with E-state index in [-0.39, 0.29) is 18.5 Å². The van der Waals surface area contributed by atoms with Crippen molar-refractivity contribution in [3.8, 4) is 0 Å². The molecule has 2 rings (SSSR count). The van der Waals surface area contributed by atoms with Crippen LogP contribution in [0.4, 0.5) is 0 Å². The van der Waals surface area contributed by atoms with Gasteiger partial charge in [-0.1, -0.05) is 23.7 Å². The summed E-state index contributed by atoms with van der Waals surface area (Å²) in [5, 5.41) is 4.18. The molecule has 0 radical (unpaired) electrons. The van der Waals surface area contributed by atoms with Crippen LogP contribution >= 0.6 is 24.0 Å². The summed E-state index contributed by atoms with van der Waals surface area (Å²) in [6.07, 6.45) is 2.60. The van der Waals surface area contributed by atoms with Crippen LogP contribution in [0, 0.1) is 5.92 Å². The quantitative estimate of drug-likeness (QED) is 0.909. The highest BCUT2D eigenvalue weighted by Gasteiger charge is 2.25. The van der Waals surface area contributed by atoms with Crippen molar-refractivity contribution in [3.05, 3.63) is 34.9 Å². The van der Waals surface area contributed by atoms with Gasteiger partial charge in [-0.3, -0.25) is 0 Å². The van der Waals surface area contributed by atoms with Crippen molar-refractivity contribution in [2.24, 2.45) is 5.92 Å². The van der Waals surface area contributed by atoms with E-state index in [1.807, 2.05) is 12.1 Å². The molecule has 0 saturated carbocycles. The Morgan fingerprint density at radius 1 is 1.28 bits per heavy atom. The summed E-state index contributed by atoms with van der Waals surface area (Å²) in [6, 6.07) is 8.07. The molecule has 1 aromatic carbocycles. The smallest absolute Gasteiger partial charge is 0.0853 e. The molecule has 0 bridgehead atoms. The maximum Gasteiger partial charge on any atom is 0.0853 e. The number of rotatable bonds is 4. The standard InChI is InChI=1S/C14H20ClNO.ClH/c1-2-17-14(12-7-9-16-10-8-12)11-3-5-13(15)6-4-11;/h3-6,12,14,16H,2,7-10H2,1H3;1H. The van der Waals surface area contributed by atoms with Crippen LogP contribution < -0.4 is 5.32 Å². The number of hydrogen-bond acceptors (Lipinski definition) is 2. The summed E-state index contributed by atoms with van der Waals surface area (Å²) < 4.78 is 5.94. The van der Waals surface area contributed by atoms with E-state index in [2.05, 4.69) is 24.4 Å². The van der Waals surface area contributed by atoms with E-state index in [9.17, 15) is 0 Å². The molecule has 4 heteroatoms. The fourth-order valence-electron chi connectivity index (χ4n) is 2.48. The fraction of sp³-hybridized carbons (Fsp3) is 0.571. The van der Waals surface area contributed by atoms with Gasteiger partial charge in [-0.2, -0.15) is 0 Å². The molecule has 1 atom stereocenters. The predicted octanol–water partition coefficient (Wildman–Crippen LogP) is 3.84. The number of halogens is 2. The van der Waals surface area contributed by atoms with Gasteiger partial charge >= 0.3 is 0 Å². The van der Waals surface area contributed by atoms with Gasteiger partial charge in [-0.15, -0.1) is 12.4 Å². The molecule has 2 nitrogen and oxygen atoms in total. The van der Waals surface area contributed by atoms with Crippen LogP contribution in [0.3, 0.4) is 0 Å². The van der Waals surface area contributed by atoms with Gasteiger partial charge < -0.3 is 10.1 Å². The van der Waals surface area contributed by atoms with Crippen LogP contribution in [0.1, 0.15) is 31.4 Å². The first-order valence-electron chi connectivity index (χ1n) is 6.39. The maximum absolute atomic E-state index is 5.94. The van der Waals surface area contributed by atoms with Crippen molar-refractivity contribution in [1.29, 1.82) is 0 Å². The summed E-state index contributed by atoms with van der Waals surface area (Å²) in [7, 11) is 0. The minimum Gasteiger partial charge on any atom is -0.374 e. The molecular weight excluding hydrogens is 269 g/mol. The average Bonchev–Trinajstić information content (AvgIpc) is 2.38. The summed E-state index contributed by atoms with van der Waals surface area (Å²) >= 11 is 5.93. The van der Waals surface area contributed by atoms with E-state index in [1.165, 1.54) is 18.4 Å². The van der Waals surface area contributed by atoms with E-state index in [1.54, 1.807) is 0 Å². The third kappa shape index (κ3) is 4.13. The van der Waals surface area contributed by atoms with Crippen LogP contribution in [0.15, 0.2) is 24.3 Å². The zero-order valence-corrected chi connectivity index (χ0v) is 12.3. The van der Waals surface area contributed by atoms with Gasteiger partial charge in [0.15, 0.2) is 0 Å². The van der Waals surface area contributed by atoms with E-state index in [4.69, 9.17) is 16.3 Å². The first-order chi connectivity index (χ1) is 8.31. The zero-order valence-electron chi connectivity index (χ0n) is 10.7. The molecule has 1 unspecified atom stereocenters. The number of ether oxygens (including phenoxy) is 1. The molecule has 1 fully saturated rings. The molecule has 1 N–H and O–H groups in total. The first-order valence-corrected chi connectivity index (χ1v) is 6.77. The molecule has 1 heterocycles. The normalized spacial score (nSPS) is 18.1. The molecule has 1 aliphatic rings. The molecular formula is C14H21Cl2NO. The molecule has 1 aliphatic heterocycles. The number of benzene rings is 1. The Balaban J connectivity index is 0.00000162. The second-order valence-corrected chi connectivity index (χ2v) is 4.95. The van der Waals surface area contributed by atoms with Crippen LogP contribution in [-0.2, 0) is 4.74 Å². The lowest BCUT2D eigenvalue weighted by atomic mass is 9.88. The third-order valence-corrected chi connectivity index (χ3v) is 3.61. The van der Waals surface area contributed by atoms with Crippen molar-refractivity contribution in [2.75, 3.05) is 19.7 Å². The Bertz CT molecular complexity index is 336. The molecule has 1 aromatic rings. The average molecular weight is 290 g/mol. The molecule has 0 aliphatic carbocycles. The Morgan fingerprint density at radius 3 is 2.44 bits per heavy atom. The number of piperidine rings is 1. The highest BCUT2D eigenvalue weighted by molar-refractivity contribution is 6.30. The molecule has 18 heavy (non-hydrogen) atoms. The van der Waals surface area contributed by atoms with Gasteiger partial charge in [-0.25, -0.2) is 0 Å². The predicted molar refractivity (Wildman–Crippen MR) is 78.7 cm³/mol. The van der Waals surface area contributed by atoms with E-state index >= 15 is 0 Å². The van der Waals surface area contributed by atoms with E-state index < -0.39 is 0 Å². The van der Waals surface area contributed by atoms with Crippen molar-refractivity contribution in [1.82, 2.24) is 5.32 Å². The van der Waals surface area contributed by atoms with Crippen LogP contribution in [0.2, 0.25) is 5.02 Å². The fourth-order valence-corrected chi connectivity index (χ4v) is 2.61. The minimum absolute atomic E-state index is 0. The van der Waals surface area contributed by atoms with Crippen molar-refractivity contribution in [2.45, 2.75) is 25.9 Å². The molecule has 102 valence electrons. The van der Waals surface area contributed by atoms with Gasteiger partial charge in [0.2, 0.25) is 0 Å². The van der Waals surface area contributed by atoms with Crippen LogP contribution in [0.5, 0.6) is 0 Å². The second kappa shape index (κ2) is 8.00. The van der Waals surface area contributed by atoms with Gasteiger partial charge in [-0.05, 0) is 56.5 Å². The molecule has 0 spiro atoms. The second-order valence-electron chi connectivity index (χ2n) is 4.51. The zero-order chi connectivity index (χ0) is 12.1. The Morgan fingerprint density at radius 2 is 1.89 bits per heavy atom. The minimum atomic E-state index is 0. The highest BCUT2D eigenvalue weighted by Crippen LogP contribution is 2.32. The topological polar surface area (TPSA) is 21.3 Å². The number of nitrogens with one attached hydrogen (secondary N) is 1. The van der Waals surface area contributed by atoms with Gasteiger partial charge in [0.1, 0.15) is 0 Å². The maximum atomic E-state index is 5.94. The Kier molecular flexibility index (Phi) is 7.02. The molecule has 0 amide bonds. The lowest BCUT2D eigenvalue weighted by Crippen LogP contribution is -2.31. The van der Waals surface area contributed by atoms with Crippen molar-refractivity contribution in [3.63, 3.8) is 0 Å². The monoisotopic (exact) mass is 289 g/mol. The summed E-state index contributed by atoms with van der Waals surface area (Å²) in [4.78, 5) is 0. The van der Waals surface area contributed by atoms with Crippen molar-refractivity contribution < 1.29 is 4.74 Å². The van der Waals surface area contributed by atoms with Gasteiger partial charge in [0, 0.05) is 11.6 Å². The van der Waals surface area contributed by atoms with Crippen molar-refractivity contribution >= 4 is 24.0 Å². The summed E-state index contributed by atoms with van der Waals surface area (Å²) in [6.45, 7) is 5.02. The lowest BCUT2D eigenvalue weighted by Gasteiger charge is -2.30. The summed E-state index contributed by atoms with van der Waals surface area (Å²) in [5.74, 6) is 0.623. The molecule has 0 aromatic heterocycles. The summed E-state index contributed by atoms with van der Waals surface area (Å²) in [5.41, 5.74) is 1.25. The van der Waals surface area contributed by atoms with E-state index in [0.29, 0.717) is 5.92 Å². The van der Waals surface area contributed by atoms with E-state index in [0.717, 1.165) is 24.7 Å².